The van der Waals surface area contributed by atoms with Gasteiger partial charge < -0.3 is 10.1 Å². The third-order valence-corrected chi connectivity index (χ3v) is 3.70. The normalized spacial score (nSPS) is 11.7. The van der Waals surface area contributed by atoms with E-state index in [1.165, 1.54) is 0 Å². The fourth-order valence-electron chi connectivity index (χ4n) is 2.25. The molecule has 0 saturated heterocycles. The molecule has 0 aliphatic carbocycles. The van der Waals surface area contributed by atoms with Crippen molar-refractivity contribution in [3.05, 3.63) is 53.1 Å². The molecule has 0 spiro atoms. The Labute approximate surface area is 140 Å². The van der Waals surface area contributed by atoms with Gasteiger partial charge in [0.05, 0.1) is 19.6 Å². The predicted molar refractivity (Wildman–Crippen MR) is 90.9 cm³/mol. The zero-order valence-corrected chi connectivity index (χ0v) is 14.0. The SMILES string of the molecule is C=CCn1c([C@H](C)NC(=O)Cc2ccc(OC)cc2)n[nH]c1=S. The van der Waals surface area contributed by atoms with Gasteiger partial charge >= 0.3 is 0 Å². The highest BCUT2D eigenvalue weighted by Crippen LogP contribution is 2.13. The first-order valence-electron chi connectivity index (χ1n) is 7.23. The number of allylic oxidation sites excluding steroid dienone is 1. The fraction of sp³-hybridized carbons (Fsp3) is 0.312. The van der Waals surface area contributed by atoms with Gasteiger partial charge in [0.1, 0.15) is 5.75 Å². The predicted octanol–water partition coefficient (Wildman–Crippen LogP) is 2.56. The third-order valence-electron chi connectivity index (χ3n) is 3.39. The van der Waals surface area contributed by atoms with Gasteiger partial charge in [-0.1, -0.05) is 18.2 Å². The summed E-state index contributed by atoms with van der Waals surface area (Å²) >= 11 is 5.17. The number of rotatable bonds is 7. The van der Waals surface area contributed by atoms with E-state index in [4.69, 9.17) is 17.0 Å². The number of hydrogen-bond donors (Lipinski definition) is 2. The van der Waals surface area contributed by atoms with E-state index >= 15 is 0 Å². The highest BCUT2D eigenvalue weighted by atomic mass is 32.1. The maximum atomic E-state index is 12.2. The van der Waals surface area contributed by atoms with Crippen LogP contribution in [-0.2, 0) is 17.8 Å². The first-order valence-corrected chi connectivity index (χ1v) is 7.64. The largest absolute Gasteiger partial charge is 0.497 e. The number of carbonyl (C=O) groups excluding carboxylic acids is 1. The lowest BCUT2D eigenvalue weighted by molar-refractivity contribution is -0.121. The van der Waals surface area contributed by atoms with E-state index < -0.39 is 0 Å². The molecule has 0 saturated carbocycles. The zero-order valence-electron chi connectivity index (χ0n) is 13.2. The summed E-state index contributed by atoms with van der Waals surface area (Å²) in [6.45, 7) is 6.12. The van der Waals surface area contributed by atoms with Crippen molar-refractivity contribution in [1.29, 1.82) is 0 Å². The van der Waals surface area contributed by atoms with Gasteiger partial charge in [-0.15, -0.1) is 6.58 Å². The van der Waals surface area contributed by atoms with Gasteiger partial charge in [-0.3, -0.25) is 14.5 Å². The molecule has 0 aliphatic heterocycles. The van der Waals surface area contributed by atoms with Crippen LogP contribution in [0, 0.1) is 4.77 Å². The van der Waals surface area contributed by atoms with Crippen molar-refractivity contribution in [2.45, 2.75) is 25.9 Å². The van der Waals surface area contributed by atoms with Gasteiger partial charge in [-0.25, -0.2) is 0 Å². The van der Waals surface area contributed by atoms with Gasteiger partial charge in [-0.2, -0.15) is 5.10 Å². The molecule has 23 heavy (non-hydrogen) atoms. The quantitative estimate of drug-likeness (QED) is 0.604. The summed E-state index contributed by atoms with van der Waals surface area (Å²) in [5.74, 6) is 1.36. The maximum Gasteiger partial charge on any atom is 0.224 e. The number of aromatic amines is 1. The minimum atomic E-state index is -0.256. The molecule has 122 valence electrons. The summed E-state index contributed by atoms with van der Waals surface area (Å²) in [4.78, 5) is 12.2. The topological polar surface area (TPSA) is 71.9 Å². The molecule has 2 N–H and O–H groups in total. The molecule has 1 aromatic carbocycles. The minimum absolute atomic E-state index is 0.0817. The molecule has 1 aromatic heterocycles. The Hall–Kier alpha value is -2.41. The molecule has 0 aliphatic rings. The first-order chi connectivity index (χ1) is 11.0. The van der Waals surface area contributed by atoms with E-state index in [1.807, 2.05) is 31.2 Å². The Balaban J connectivity index is 2.01. The Morgan fingerprint density at radius 1 is 1.52 bits per heavy atom. The second kappa shape index (κ2) is 7.73. The van der Waals surface area contributed by atoms with Crippen LogP contribution in [0.3, 0.4) is 0 Å². The number of nitrogens with zero attached hydrogens (tertiary/aromatic N) is 2. The second-order valence-electron chi connectivity index (χ2n) is 5.10. The van der Waals surface area contributed by atoms with Gasteiger partial charge in [-0.05, 0) is 36.8 Å². The van der Waals surface area contributed by atoms with E-state index in [0.29, 0.717) is 23.6 Å². The van der Waals surface area contributed by atoms with E-state index in [2.05, 4.69) is 22.1 Å². The molecule has 2 rings (SSSR count). The average Bonchev–Trinajstić information content (AvgIpc) is 2.89. The van der Waals surface area contributed by atoms with Crippen molar-refractivity contribution in [2.75, 3.05) is 7.11 Å². The van der Waals surface area contributed by atoms with Crippen LogP contribution in [0.4, 0.5) is 0 Å². The molecule has 0 radical (unpaired) electrons. The van der Waals surface area contributed by atoms with Crippen molar-refractivity contribution in [2.24, 2.45) is 0 Å². The molecule has 2 aromatic rings. The molecule has 6 nitrogen and oxygen atoms in total. The first kappa shape index (κ1) is 17.0. The van der Waals surface area contributed by atoms with E-state index in [1.54, 1.807) is 17.8 Å². The molecular weight excluding hydrogens is 312 g/mol. The van der Waals surface area contributed by atoms with Crippen LogP contribution < -0.4 is 10.1 Å². The number of amides is 1. The summed E-state index contributed by atoms with van der Waals surface area (Å²) in [6.07, 6.45) is 2.03. The second-order valence-corrected chi connectivity index (χ2v) is 5.49. The monoisotopic (exact) mass is 332 g/mol. The molecule has 0 unspecified atom stereocenters. The summed E-state index contributed by atoms with van der Waals surface area (Å²) < 4.78 is 7.42. The highest BCUT2D eigenvalue weighted by molar-refractivity contribution is 7.71. The van der Waals surface area contributed by atoms with Crippen molar-refractivity contribution < 1.29 is 9.53 Å². The van der Waals surface area contributed by atoms with Crippen LogP contribution >= 0.6 is 12.2 Å². The Bertz CT molecular complexity index is 733. The number of aromatic nitrogens is 3. The number of H-pyrrole nitrogens is 1. The molecule has 1 heterocycles. The van der Waals surface area contributed by atoms with Crippen LogP contribution in [0.15, 0.2) is 36.9 Å². The van der Waals surface area contributed by atoms with Gasteiger partial charge in [0.2, 0.25) is 5.91 Å². The Kier molecular flexibility index (Phi) is 5.70. The van der Waals surface area contributed by atoms with Crippen molar-refractivity contribution in [3.63, 3.8) is 0 Å². The molecular formula is C16H20N4O2S. The summed E-state index contributed by atoms with van der Waals surface area (Å²) in [5.41, 5.74) is 0.917. The van der Waals surface area contributed by atoms with E-state index in [-0.39, 0.29) is 11.9 Å². The van der Waals surface area contributed by atoms with Crippen molar-refractivity contribution in [1.82, 2.24) is 20.1 Å². The molecule has 0 bridgehead atoms. The van der Waals surface area contributed by atoms with E-state index in [0.717, 1.165) is 11.3 Å². The smallest absolute Gasteiger partial charge is 0.224 e. The standard InChI is InChI=1S/C16H20N4O2S/c1-4-9-20-15(18-19-16(20)23)11(2)17-14(21)10-12-5-7-13(22-3)8-6-12/h4-8,11H,1,9-10H2,2-3H3,(H,17,21)(H,19,23)/t11-/m0/s1. The third kappa shape index (κ3) is 4.29. The lowest BCUT2D eigenvalue weighted by Crippen LogP contribution is -2.30. The summed E-state index contributed by atoms with van der Waals surface area (Å²) in [5, 5.41) is 9.86. The number of methoxy groups -OCH3 is 1. The number of ether oxygens (including phenoxy) is 1. The molecule has 1 atom stereocenters. The van der Waals surface area contributed by atoms with Crippen LogP contribution in [-0.4, -0.2) is 27.8 Å². The van der Waals surface area contributed by atoms with E-state index in [9.17, 15) is 4.79 Å². The number of hydrogen-bond acceptors (Lipinski definition) is 4. The Morgan fingerprint density at radius 2 is 2.22 bits per heavy atom. The van der Waals surface area contributed by atoms with Crippen LogP contribution in [0.2, 0.25) is 0 Å². The molecule has 1 amide bonds. The van der Waals surface area contributed by atoms with Crippen LogP contribution in [0.25, 0.3) is 0 Å². The van der Waals surface area contributed by atoms with Gasteiger partial charge in [0.25, 0.3) is 0 Å². The fourth-order valence-corrected chi connectivity index (χ4v) is 2.47. The lowest BCUT2D eigenvalue weighted by atomic mass is 10.1. The summed E-state index contributed by atoms with van der Waals surface area (Å²) in [7, 11) is 1.61. The number of nitrogens with one attached hydrogen (secondary N) is 2. The zero-order chi connectivity index (χ0) is 16.8. The minimum Gasteiger partial charge on any atom is -0.497 e. The van der Waals surface area contributed by atoms with Crippen LogP contribution in [0.1, 0.15) is 24.4 Å². The number of carbonyl (C=O) groups is 1. The van der Waals surface area contributed by atoms with Crippen molar-refractivity contribution >= 4 is 18.1 Å². The van der Waals surface area contributed by atoms with Crippen LogP contribution in [0.5, 0.6) is 5.75 Å². The molecule has 0 fully saturated rings. The lowest BCUT2D eigenvalue weighted by Gasteiger charge is -2.14. The van der Waals surface area contributed by atoms with Gasteiger partial charge in [0, 0.05) is 6.54 Å². The average molecular weight is 332 g/mol. The highest BCUT2D eigenvalue weighted by Gasteiger charge is 2.16. The van der Waals surface area contributed by atoms with Gasteiger partial charge in [0.15, 0.2) is 10.6 Å². The number of benzene rings is 1. The van der Waals surface area contributed by atoms with Crippen molar-refractivity contribution in [3.8, 4) is 5.75 Å². The summed E-state index contributed by atoms with van der Waals surface area (Å²) in [6, 6.07) is 7.16. The molecule has 7 heteroatoms. The maximum absolute atomic E-state index is 12.2. The Morgan fingerprint density at radius 3 is 2.83 bits per heavy atom.